The summed E-state index contributed by atoms with van der Waals surface area (Å²) in [4.78, 5) is 26.6. The maximum Gasteiger partial charge on any atom is 0.228 e. The minimum atomic E-state index is 0.0324. The number of hydrogen-bond donors (Lipinski definition) is 0. The van der Waals surface area contributed by atoms with E-state index in [0.29, 0.717) is 13.2 Å². The fraction of sp³-hybridized carbons (Fsp3) is 0.522. The van der Waals surface area contributed by atoms with Crippen LogP contribution < -0.4 is 4.90 Å². The second-order valence-electron chi connectivity index (χ2n) is 8.05. The predicted octanol–water partition coefficient (Wildman–Crippen LogP) is 3.28. The lowest BCUT2D eigenvalue weighted by atomic mass is 10.0. The first-order chi connectivity index (χ1) is 14.5. The number of anilines is 1. The summed E-state index contributed by atoms with van der Waals surface area (Å²) in [7, 11) is 0. The molecule has 1 amide bonds. The van der Waals surface area contributed by atoms with Crippen molar-refractivity contribution >= 4 is 23.3 Å². The molecule has 4 rings (SSSR count). The summed E-state index contributed by atoms with van der Waals surface area (Å²) in [5.41, 5.74) is 3.46. The van der Waals surface area contributed by atoms with Gasteiger partial charge in [-0.25, -0.2) is 9.97 Å². The van der Waals surface area contributed by atoms with Crippen LogP contribution in [0.3, 0.4) is 0 Å². The van der Waals surface area contributed by atoms with Crippen molar-refractivity contribution in [3.8, 4) is 0 Å². The molecule has 160 valence electrons. The third-order valence-electron chi connectivity index (χ3n) is 5.98. The maximum atomic E-state index is 12.7. The van der Waals surface area contributed by atoms with E-state index in [9.17, 15) is 4.79 Å². The summed E-state index contributed by atoms with van der Waals surface area (Å²) < 4.78 is 5.39. The molecule has 0 saturated carbocycles. The van der Waals surface area contributed by atoms with Crippen LogP contribution in [0.2, 0.25) is 5.02 Å². The Morgan fingerprint density at radius 2 is 1.90 bits per heavy atom. The average molecular weight is 429 g/mol. The number of rotatable bonds is 5. The zero-order valence-corrected chi connectivity index (χ0v) is 18.5. The van der Waals surface area contributed by atoms with E-state index in [-0.39, 0.29) is 11.8 Å². The van der Waals surface area contributed by atoms with Gasteiger partial charge in [0.05, 0.1) is 12.5 Å². The normalized spacial score (nSPS) is 19.4. The van der Waals surface area contributed by atoms with Gasteiger partial charge in [-0.15, -0.1) is 0 Å². The van der Waals surface area contributed by atoms with Crippen molar-refractivity contribution in [3.05, 3.63) is 51.9 Å². The fourth-order valence-electron chi connectivity index (χ4n) is 4.31. The zero-order valence-electron chi connectivity index (χ0n) is 17.7. The molecule has 2 aliphatic heterocycles. The summed E-state index contributed by atoms with van der Waals surface area (Å²) in [5, 5.41) is 0.739. The number of ether oxygens (including phenoxy) is 1. The highest BCUT2D eigenvalue weighted by atomic mass is 35.5. The molecule has 0 aliphatic carbocycles. The lowest BCUT2D eigenvalue weighted by Crippen LogP contribution is -2.51. The van der Waals surface area contributed by atoms with Gasteiger partial charge in [0.15, 0.2) is 0 Å². The van der Waals surface area contributed by atoms with E-state index in [1.54, 1.807) is 0 Å². The Kier molecular flexibility index (Phi) is 6.54. The first kappa shape index (κ1) is 21.1. The van der Waals surface area contributed by atoms with Crippen molar-refractivity contribution < 1.29 is 9.53 Å². The molecule has 7 heteroatoms. The van der Waals surface area contributed by atoms with Gasteiger partial charge < -0.3 is 14.5 Å². The highest BCUT2D eigenvalue weighted by molar-refractivity contribution is 6.30. The Balaban J connectivity index is 1.54. The minimum Gasteiger partial charge on any atom is -0.381 e. The molecule has 1 atom stereocenters. The Bertz CT molecular complexity index is 889. The maximum absolute atomic E-state index is 12.7. The predicted molar refractivity (Wildman–Crippen MR) is 118 cm³/mol. The second kappa shape index (κ2) is 9.31. The number of aryl methyl sites for hydroxylation is 2. The molecule has 30 heavy (non-hydrogen) atoms. The van der Waals surface area contributed by atoms with Crippen molar-refractivity contribution in [1.29, 1.82) is 0 Å². The second-order valence-corrected chi connectivity index (χ2v) is 8.49. The van der Waals surface area contributed by atoms with Gasteiger partial charge in [0.25, 0.3) is 0 Å². The third kappa shape index (κ3) is 4.60. The van der Waals surface area contributed by atoms with Gasteiger partial charge in [0.1, 0.15) is 11.6 Å². The zero-order chi connectivity index (χ0) is 21.1. The highest BCUT2D eigenvalue weighted by Gasteiger charge is 2.31. The van der Waals surface area contributed by atoms with Crippen LogP contribution in [0, 0.1) is 12.8 Å². The van der Waals surface area contributed by atoms with Crippen molar-refractivity contribution in [2.75, 3.05) is 44.3 Å². The Hall–Kier alpha value is -2.18. The topological polar surface area (TPSA) is 58.6 Å². The van der Waals surface area contributed by atoms with Gasteiger partial charge in [0.2, 0.25) is 5.91 Å². The molecule has 2 fully saturated rings. The summed E-state index contributed by atoms with van der Waals surface area (Å²) in [6, 6.07) is 7.97. The summed E-state index contributed by atoms with van der Waals surface area (Å²) >= 11 is 6.06. The van der Waals surface area contributed by atoms with Crippen molar-refractivity contribution in [3.63, 3.8) is 0 Å². The number of carbonyl (C=O) groups is 1. The quantitative estimate of drug-likeness (QED) is 0.731. The number of aromatic nitrogens is 2. The minimum absolute atomic E-state index is 0.0324. The van der Waals surface area contributed by atoms with Gasteiger partial charge in [0, 0.05) is 55.5 Å². The van der Waals surface area contributed by atoms with Crippen molar-refractivity contribution in [2.24, 2.45) is 5.92 Å². The third-order valence-corrected chi connectivity index (χ3v) is 6.23. The summed E-state index contributed by atoms with van der Waals surface area (Å²) in [6.45, 7) is 8.37. The molecule has 0 spiro atoms. The number of nitrogens with zero attached hydrogens (tertiary/aromatic N) is 4. The molecule has 1 aromatic carbocycles. The number of halogens is 1. The van der Waals surface area contributed by atoms with Crippen LogP contribution in [0.1, 0.15) is 36.0 Å². The van der Waals surface area contributed by atoms with Crippen LogP contribution in [-0.2, 0) is 22.4 Å². The molecule has 0 unspecified atom stereocenters. The molecule has 0 N–H and O–H groups in total. The van der Waals surface area contributed by atoms with E-state index in [1.807, 2.05) is 24.0 Å². The number of amides is 1. The van der Waals surface area contributed by atoms with E-state index in [2.05, 4.69) is 24.0 Å². The Labute approximate surface area is 183 Å². The van der Waals surface area contributed by atoms with Gasteiger partial charge in [-0.3, -0.25) is 4.79 Å². The first-order valence-corrected chi connectivity index (χ1v) is 11.1. The molecule has 6 nitrogen and oxygen atoms in total. The van der Waals surface area contributed by atoms with Gasteiger partial charge in [-0.2, -0.15) is 0 Å². The monoisotopic (exact) mass is 428 g/mol. The SMILES string of the molecule is CCc1nc(C)nc(N2CCN(C(=O)[C@H]3CCOC3)CC2)c1Cc1ccc(Cl)cc1. The van der Waals surface area contributed by atoms with Crippen LogP contribution in [0.25, 0.3) is 0 Å². The van der Waals surface area contributed by atoms with E-state index in [4.69, 9.17) is 26.3 Å². The Morgan fingerprint density at radius 1 is 1.17 bits per heavy atom. The smallest absolute Gasteiger partial charge is 0.228 e. The van der Waals surface area contributed by atoms with E-state index >= 15 is 0 Å². The number of benzene rings is 1. The van der Waals surface area contributed by atoms with E-state index in [0.717, 1.165) is 67.8 Å². The molecule has 2 saturated heterocycles. The molecular formula is C23H29ClN4O2. The fourth-order valence-corrected chi connectivity index (χ4v) is 4.43. The van der Waals surface area contributed by atoms with Crippen LogP contribution in [0.15, 0.2) is 24.3 Å². The highest BCUT2D eigenvalue weighted by Crippen LogP contribution is 2.27. The molecule has 2 aromatic rings. The van der Waals surface area contributed by atoms with Crippen LogP contribution >= 0.6 is 11.6 Å². The van der Waals surface area contributed by atoms with Crippen LogP contribution in [0.4, 0.5) is 5.82 Å². The number of carbonyl (C=O) groups excluding carboxylic acids is 1. The largest absolute Gasteiger partial charge is 0.381 e. The van der Waals surface area contributed by atoms with Gasteiger partial charge >= 0.3 is 0 Å². The molecule has 0 radical (unpaired) electrons. The lowest BCUT2D eigenvalue weighted by molar-refractivity contribution is -0.135. The summed E-state index contributed by atoms with van der Waals surface area (Å²) in [6.07, 6.45) is 2.48. The molecular weight excluding hydrogens is 400 g/mol. The van der Waals surface area contributed by atoms with Crippen molar-refractivity contribution in [1.82, 2.24) is 14.9 Å². The average Bonchev–Trinajstić information content (AvgIpc) is 3.30. The van der Waals surface area contributed by atoms with E-state index < -0.39 is 0 Å². The van der Waals surface area contributed by atoms with Gasteiger partial charge in [-0.1, -0.05) is 30.7 Å². The molecule has 2 aliphatic rings. The summed E-state index contributed by atoms with van der Waals surface area (Å²) in [5.74, 6) is 2.07. The van der Waals surface area contributed by atoms with Gasteiger partial charge in [-0.05, 0) is 37.5 Å². The first-order valence-electron chi connectivity index (χ1n) is 10.8. The lowest BCUT2D eigenvalue weighted by Gasteiger charge is -2.37. The number of hydrogen-bond acceptors (Lipinski definition) is 5. The van der Waals surface area contributed by atoms with Crippen LogP contribution in [-0.4, -0.2) is 60.2 Å². The molecule has 3 heterocycles. The van der Waals surface area contributed by atoms with Crippen LogP contribution in [0.5, 0.6) is 0 Å². The standard InChI is InChI=1S/C23H29ClN4O2/c1-3-21-20(14-17-4-6-19(24)7-5-17)22(26-16(2)25-21)27-9-11-28(12-10-27)23(29)18-8-13-30-15-18/h4-7,18H,3,8-15H2,1-2H3/t18-/m0/s1. The number of piperazine rings is 1. The Morgan fingerprint density at radius 3 is 2.53 bits per heavy atom. The van der Waals surface area contributed by atoms with E-state index in [1.165, 1.54) is 11.1 Å². The molecule has 1 aromatic heterocycles. The van der Waals surface area contributed by atoms with Crippen molar-refractivity contribution in [2.45, 2.75) is 33.1 Å². The molecule has 0 bridgehead atoms.